The second-order valence-corrected chi connectivity index (χ2v) is 7.67. The third kappa shape index (κ3) is 4.36. The number of furan rings is 1. The van der Waals surface area contributed by atoms with E-state index in [9.17, 15) is 9.59 Å². The summed E-state index contributed by atoms with van der Waals surface area (Å²) in [5.41, 5.74) is 2.17. The fourth-order valence-electron chi connectivity index (χ4n) is 3.79. The number of fused-ring (bicyclic) bond motifs is 2. The van der Waals surface area contributed by atoms with E-state index in [0.29, 0.717) is 29.4 Å². The van der Waals surface area contributed by atoms with E-state index in [0.717, 1.165) is 16.3 Å². The Morgan fingerprint density at radius 2 is 1.79 bits per heavy atom. The Balaban J connectivity index is 1.29. The maximum atomic E-state index is 12.6. The number of hydrogen-bond acceptors (Lipinski definition) is 5. The monoisotopic (exact) mass is 454 g/mol. The van der Waals surface area contributed by atoms with Crippen LogP contribution in [-0.2, 0) is 16.1 Å². The summed E-state index contributed by atoms with van der Waals surface area (Å²) in [4.78, 5) is 24.4. The zero-order valence-electron chi connectivity index (χ0n) is 18.5. The minimum Gasteiger partial charge on any atom is -0.465 e. The number of benzene rings is 3. The number of rotatable bonds is 7. The Bertz CT molecular complexity index is 1450. The van der Waals surface area contributed by atoms with Crippen LogP contribution < -0.4 is 10.1 Å². The van der Waals surface area contributed by atoms with Crippen LogP contribution in [0.5, 0.6) is 11.5 Å². The van der Waals surface area contributed by atoms with E-state index < -0.39 is 0 Å². The molecule has 1 N–H and O–H groups in total. The molecule has 0 unspecified atom stereocenters. The van der Waals surface area contributed by atoms with Gasteiger partial charge in [0.2, 0.25) is 0 Å². The van der Waals surface area contributed by atoms with Crippen LogP contribution >= 0.6 is 0 Å². The topological polar surface area (TPSA) is 82.7 Å². The molecule has 2 aromatic heterocycles. The van der Waals surface area contributed by atoms with Gasteiger partial charge in [-0.3, -0.25) is 9.59 Å². The highest BCUT2D eigenvalue weighted by molar-refractivity contribution is 6.04. The molecule has 0 spiro atoms. The summed E-state index contributed by atoms with van der Waals surface area (Å²) in [7, 11) is 0. The van der Waals surface area contributed by atoms with Gasteiger partial charge in [0.1, 0.15) is 23.6 Å². The Morgan fingerprint density at radius 1 is 0.971 bits per heavy atom. The van der Waals surface area contributed by atoms with E-state index in [2.05, 4.69) is 5.32 Å². The number of carbonyl (C=O) groups is 2. The number of aromatic nitrogens is 1. The van der Waals surface area contributed by atoms with Gasteiger partial charge < -0.3 is 23.8 Å². The van der Waals surface area contributed by atoms with Crippen LogP contribution in [-0.4, -0.2) is 23.1 Å². The smallest absolute Gasteiger partial charge is 0.325 e. The van der Waals surface area contributed by atoms with Gasteiger partial charge in [-0.1, -0.05) is 24.3 Å². The lowest BCUT2D eigenvalue weighted by Crippen LogP contribution is -2.12. The van der Waals surface area contributed by atoms with Crippen molar-refractivity contribution < 1.29 is 23.5 Å². The molecule has 7 heteroatoms. The van der Waals surface area contributed by atoms with E-state index in [1.165, 1.54) is 0 Å². The molecule has 1 amide bonds. The van der Waals surface area contributed by atoms with Crippen LogP contribution in [0.3, 0.4) is 0 Å². The van der Waals surface area contributed by atoms with Crippen molar-refractivity contribution in [3.63, 3.8) is 0 Å². The van der Waals surface area contributed by atoms with Crippen LogP contribution in [0.15, 0.2) is 89.5 Å². The first-order valence-corrected chi connectivity index (χ1v) is 10.9. The van der Waals surface area contributed by atoms with Crippen LogP contribution in [0.25, 0.3) is 21.9 Å². The molecule has 0 bridgehead atoms. The highest BCUT2D eigenvalue weighted by Gasteiger charge is 2.13. The third-order valence-corrected chi connectivity index (χ3v) is 5.37. The Morgan fingerprint density at radius 3 is 2.59 bits per heavy atom. The van der Waals surface area contributed by atoms with Crippen molar-refractivity contribution in [2.75, 3.05) is 11.9 Å². The number of nitrogens with zero attached hydrogens (tertiary/aromatic N) is 1. The van der Waals surface area contributed by atoms with Crippen LogP contribution in [0.2, 0.25) is 0 Å². The SMILES string of the molecule is CCOC(=O)Cn1ccc2c(Oc3ccc(NC(=O)c4cc5ccccc5o4)cc3)cccc21. The van der Waals surface area contributed by atoms with Crippen molar-refractivity contribution in [2.45, 2.75) is 13.5 Å². The number of nitrogens with one attached hydrogen (secondary N) is 1. The first-order valence-electron chi connectivity index (χ1n) is 10.9. The lowest BCUT2D eigenvalue weighted by molar-refractivity contribution is -0.143. The second kappa shape index (κ2) is 9.15. The minimum absolute atomic E-state index is 0.139. The fourth-order valence-corrected chi connectivity index (χ4v) is 3.79. The predicted molar refractivity (Wildman–Crippen MR) is 129 cm³/mol. The average molecular weight is 454 g/mol. The molecular weight excluding hydrogens is 432 g/mol. The van der Waals surface area contributed by atoms with E-state index in [1.54, 1.807) is 37.3 Å². The molecule has 170 valence electrons. The molecule has 5 aromatic rings. The molecule has 0 saturated carbocycles. The number of ether oxygens (including phenoxy) is 2. The van der Waals surface area contributed by atoms with Crippen molar-refractivity contribution in [1.82, 2.24) is 4.57 Å². The highest BCUT2D eigenvalue weighted by atomic mass is 16.5. The van der Waals surface area contributed by atoms with Gasteiger partial charge in [0.05, 0.1) is 12.1 Å². The lowest BCUT2D eigenvalue weighted by atomic mass is 10.2. The number of hydrogen-bond donors (Lipinski definition) is 1. The second-order valence-electron chi connectivity index (χ2n) is 7.67. The Labute approximate surface area is 195 Å². The van der Waals surface area contributed by atoms with Gasteiger partial charge in [0, 0.05) is 22.7 Å². The summed E-state index contributed by atoms with van der Waals surface area (Å²) in [6.45, 7) is 2.27. The molecule has 0 aliphatic carbocycles. The quantitative estimate of drug-likeness (QED) is 0.305. The summed E-state index contributed by atoms with van der Waals surface area (Å²) in [5, 5.41) is 4.60. The molecule has 0 fully saturated rings. The number of carbonyl (C=O) groups excluding carboxylic acids is 2. The van der Waals surface area contributed by atoms with Crippen molar-refractivity contribution >= 4 is 39.4 Å². The van der Waals surface area contributed by atoms with Gasteiger partial charge in [-0.15, -0.1) is 0 Å². The summed E-state index contributed by atoms with van der Waals surface area (Å²) < 4.78 is 18.6. The molecule has 3 aromatic carbocycles. The summed E-state index contributed by atoms with van der Waals surface area (Å²) in [6, 6.07) is 23.9. The molecule has 34 heavy (non-hydrogen) atoms. The zero-order valence-corrected chi connectivity index (χ0v) is 18.5. The van der Waals surface area contributed by atoms with Crippen molar-refractivity contribution in [1.29, 1.82) is 0 Å². The van der Waals surface area contributed by atoms with E-state index in [-0.39, 0.29) is 24.2 Å². The van der Waals surface area contributed by atoms with Gasteiger partial charge in [-0.2, -0.15) is 0 Å². The molecule has 7 nitrogen and oxygen atoms in total. The zero-order chi connectivity index (χ0) is 23.5. The number of para-hydroxylation sites is 1. The number of esters is 1. The molecule has 2 heterocycles. The van der Waals surface area contributed by atoms with E-state index >= 15 is 0 Å². The molecular formula is C27H22N2O5. The normalized spacial score (nSPS) is 11.0. The first-order chi connectivity index (χ1) is 16.6. The summed E-state index contributed by atoms with van der Waals surface area (Å²) in [6.07, 6.45) is 1.84. The summed E-state index contributed by atoms with van der Waals surface area (Å²) in [5.74, 6) is 0.927. The standard InChI is InChI=1S/C27H22N2O5/c1-2-32-26(30)17-29-15-14-21-22(29)7-5-9-24(21)33-20-12-10-19(11-13-20)28-27(31)25-16-18-6-3-4-8-23(18)34-25/h3-16H,2,17H2,1H3,(H,28,31). The largest absolute Gasteiger partial charge is 0.465 e. The Kier molecular flexibility index (Phi) is 5.74. The van der Waals surface area contributed by atoms with Gasteiger partial charge in [-0.25, -0.2) is 0 Å². The fraction of sp³-hybridized carbons (Fsp3) is 0.111. The average Bonchev–Trinajstić information content (AvgIpc) is 3.46. The summed E-state index contributed by atoms with van der Waals surface area (Å²) >= 11 is 0. The molecule has 0 atom stereocenters. The van der Waals surface area contributed by atoms with Crippen molar-refractivity contribution in [3.05, 3.63) is 90.8 Å². The minimum atomic E-state index is -0.322. The maximum Gasteiger partial charge on any atom is 0.325 e. The van der Waals surface area contributed by atoms with Crippen LogP contribution in [0.1, 0.15) is 17.5 Å². The molecule has 5 rings (SSSR count). The molecule has 0 aliphatic heterocycles. The van der Waals surface area contributed by atoms with Gasteiger partial charge in [-0.05, 0) is 61.5 Å². The number of anilines is 1. The van der Waals surface area contributed by atoms with E-state index in [4.69, 9.17) is 13.9 Å². The third-order valence-electron chi connectivity index (χ3n) is 5.37. The predicted octanol–water partition coefficient (Wildman–Crippen LogP) is 6.00. The van der Waals surface area contributed by atoms with Gasteiger partial charge in [0.15, 0.2) is 5.76 Å². The lowest BCUT2D eigenvalue weighted by Gasteiger charge is -2.10. The maximum absolute atomic E-state index is 12.6. The molecule has 0 saturated heterocycles. The van der Waals surface area contributed by atoms with Crippen LogP contribution in [0.4, 0.5) is 5.69 Å². The van der Waals surface area contributed by atoms with Crippen molar-refractivity contribution in [3.8, 4) is 11.5 Å². The highest BCUT2D eigenvalue weighted by Crippen LogP contribution is 2.31. The van der Waals surface area contributed by atoms with E-state index in [1.807, 2.05) is 59.3 Å². The van der Waals surface area contributed by atoms with Gasteiger partial charge in [0.25, 0.3) is 5.91 Å². The Hall–Kier alpha value is -4.52. The van der Waals surface area contributed by atoms with Gasteiger partial charge >= 0.3 is 5.97 Å². The number of amides is 1. The molecule has 0 aliphatic rings. The van der Waals surface area contributed by atoms with Crippen LogP contribution in [0, 0.1) is 0 Å². The molecule has 0 radical (unpaired) electrons. The van der Waals surface area contributed by atoms with Crippen molar-refractivity contribution in [2.24, 2.45) is 0 Å². The first kappa shape index (κ1) is 21.3.